The van der Waals surface area contributed by atoms with Gasteiger partial charge in [-0.1, -0.05) is 263 Å². The summed E-state index contributed by atoms with van der Waals surface area (Å²) in [6, 6.07) is -0.954. The van der Waals surface area contributed by atoms with Crippen molar-refractivity contribution in [3.05, 3.63) is 134 Å². The minimum absolute atomic E-state index is 0.251. The summed E-state index contributed by atoms with van der Waals surface area (Å²) in [5.41, 5.74) is 0. The van der Waals surface area contributed by atoms with Crippen LogP contribution in [0, 0.1) is 0 Å². The molecule has 0 bridgehead atoms. The number of hydrogen-bond acceptors (Lipinski definition) is 13. The van der Waals surface area contributed by atoms with Crippen molar-refractivity contribution in [2.75, 3.05) is 19.8 Å². The highest BCUT2D eigenvalue weighted by molar-refractivity contribution is 5.76. The normalized spacial score (nSPS) is 23.8. The second-order valence-electron chi connectivity index (χ2n) is 24.3. The Labute approximate surface area is 545 Å². The number of carbonyl (C=O) groups is 1. The van der Waals surface area contributed by atoms with Gasteiger partial charge in [0.25, 0.3) is 0 Å². The second kappa shape index (κ2) is 58.9. The van der Waals surface area contributed by atoms with Crippen LogP contribution in [-0.2, 0) is 23.7 Å². The van der Waals surface area contributed by atoms with E-state index < -0.39 is 86.8 Å². The summed E-state index contributed by atoms with van der Waals surface area (Å²) in [5.74, 6) is -0.267. The Kier molecular flexibility index (Phi) is 53.8. The number of unbranched alkanes of at least 4 members (excludes halogenated alkanes) is 23. The molecule has 0 aliphatic carbocycles. The van der Waals surface area contributed by atoms with Gasteiger partial charge < -0.3 is 65.1 Å². The van der Waals surface area contributed by atoms with Crippen LogP contribution in [0.1, 0.15) is 245 Å². The van der Waals surface area contributed by atoms with Gasteiger partial charge in [-0.3, -0.25) is 4.79 Å². The lowest BCUT2D eigenvalue weighted by molar-refractivity contribution is -0.359. The van der Waals surface area contributed by atoms with E-state index in [0.29, 0.717) is 12.8 Å². The number of aliphatic hydroxyl groups excluding tert-OH is 8. The van der Waals surface area contributed by atoms with Gasteiger partial charge in [-0.05, 0) is 109 Å². The Bertz CT molecular complexity index is 2020. The third kappa shape index (κ3) is 42.4. The topological polar surface area (TPSA) is 228 Å². The molecule has 14 nitrogen and oxygen atoms in total. The van der Waals surface area contributed by atoms with Crippen LogP contribution < -0.4 is 5.32 Å². The maximum absolute atomic E-state index is 13.3. The first-order chi connectivity index (χ1) is 44.1. The van der Waals surface area contributed by atoms with Crippen LogP contribution in [0.5, 0.6) is 0 Å². The Morgan fingerprint density at radius 2 is 0.778 bits per heavy atom. The molecule has 90 heavy (non-hydrogen) atoms. The van der Waals surface area contributed by atoms with Crippen LogP contribution in [0.2, 0.25) is 0 Å². The number of hydrogen-bond donors (Lipinski definition) is 9. The fourth-order valence-electron chi connectivity index (χ4n) is 10.7. The van der Waals surface area contributed by atoms with Crippen LogP contribution in [-0.4, -0.2) is 140 Å². The zero-order valence-electron chi connectivity index (χ0n) is 55.8. The minimum Gasteiger partial charge on any atom is -0.394 e. The highest BCUT2D eigenvalue weighted by Gasteiger charge is 2.51. The second-order valence-corrected chi connectivity index (χ2v) is 24.3. The molecule has 0 aromatic heterocycles. The van der Waals surface area contributed by atoms with Crippen molar-refractivity contribution in [3.63, 3.8) is 0 Å². The number of nitrogens with one attached hydrogen (secondary N) is 1. The van der Waals surface area contributed by atoms with E-state index in [9.17, 15) is 45.6 Å². The predicted molar refractivity (Wildman–Crippen MR) is 368 cm³/mol. The molecule has 14 heteroatoms. The van der Waals surface area contributed by atoms with E-state index in [0.717, 1.165) is 109 Å². The molecule has 2 saturated heterocycles. The molecule has 1 amide bonds. The third-order valence-corrected chi connectivity index (χ3v) is 16.3. The third-order valence-electron chi connectivity index (χ3n) is 16.3. The maximum Gasteiger partial charge on any atom is 0.220 e. The number of aliphatic hydroxyl groups is 8. The molecule has 0 radical (unpaired) electrons. The van der Waals surface area contributed by atoms with E-state index in [-0.39, 0.29) is 18.9 Å². The summed E-state index contributed by atoms with van der Waals surface area (Å²) in [4.78, 5) is 13.3. The van der Waals surface area contributed by atoms with Crippen molar-refractivity contribution in [2.24, 2.45) is 0 Å². The van der Waals surface area contributed by atoms with Gasteiger partial charge in [0, 0.05) is 6.42 Å². The molecule has 2 aliphatic rings. The van der Waals surface area contributed by atoms with Gasteiger partial charge in [-0.15, -0.1) is 0 Å². The summed E-state index contributed by atoms with van der Waals surface area (Å²) in [6.07, 6.45) is 70.7. The van der Waals surface area contributed by atoms with E-state index in [1.807, 2.05) is 6.08 Å². The van der Waals surface area contributed by atoms with Crippen molar-refractivity contribution in [1.82, 2.24) is 5.32 Å². The molecule has 12 unspecified atom stereocenters. The minimum atomic E-state index is -1.80. The number of amides is 1. The first-order valence-electron chi connectivity index (χ1n) is 35.4. The zero-order valence-corrected chi connectivity index (χ0v) is 55.8. The Morgan fingerprint density at radius 1 is 0.411 bits per heavy atom. The van der Waals surface area contributed by atoms with Gasteiger partial charge in [0.2, 0.25) is 5.91 Å². The van der Waals surface area contributed by atoms with Crippen molar-refractivity contribution < 1.29 is 64.6 Å². The summed E-state index contributed by atoms with van der Waals surface area (Å²) < 4.78 is 22.8. The number of allylic oxidation sites excluding steroid dienone is 21. The molecule has 9 N–H and O–H groups in total. The van der Waals surface area contributed by atoms with Crippen LogP contribution in [0.3, 0.4) is 0 Å². The highest BCUT2D eigenvalue weighted by Crippen LogP contribution is 2.30. The molecule has 12 atom stereocenters. The van der Waals surface area contributed by atoms with Gasteiger partial charge >= 0.3 is 0 Å². The van der Waals surface area contributed by atoms with E-state index in [2.05, 4.69) is 141 Å². The van der Waals surface area contributed by atoms with Gasteiger partial charge in [-0.25, -0.2) is 0 Å². The molecular weight excluding hydrogens is 1130 g/mol. The molecular formula is C76H127NO13. The Balaban J connectivity index is 1.71. The zero-order chi connectivity index (χ0) is 65.2. The molecule has 2 heterocycles. The standard InChI is InChI=1S/C76H127NO13/c1-3-5-7-9-11-13-15-17-19-21-23-25-27-28-29-30-31-32-33-34-35-36-38-40-42-44-46-48-50-52-54-56-58-60-68(81)77-64(63-87-75-73(86)71(84)74(67(62-79)89-75)90-76-72(85)70(83)69(82)66(61-78)88-76)65(80)59-57-55-53-51-49-47-45-43-41-39-37-26-24-22-20-18-16-14-12-10-8-6-4-2/h5,7,11,13,17,19,23,25,28-29,31-32,34-35,38,40-41,43,49,51,57,59,64-67,69-76,78-80,82-86H,3-4,6,8-10,12,14-16,18,20-22,24,26-27,30,33,36-37,39,42,44-48,50,52-56,58,60-63H2,1-2H3,(H,77,81)/b7-5-,13-11-,19-17-,25-23-,29-28-,32-31-,35-34-,40-38-,43-41+,51-49+,59-57+. The average Bonchev–Trinajstić information content (AvgIpc) is 1.41. The molecule has 0 spiro atoms. The fourth-order valence-corrected chi connectivity index (χ4v) is 10.7. The van der Waals surface area contributed by atoms with Crippen molar-refractivity contribution in [3.8, 4) is 0 Å². The molecule has 2 aliphatic heterocycles. The van der Waals surface area contributed by atoms with Crippen molar-refractivity contribution in [2.45, 2.75) is 319 Å². The lowest BCUT2D eigenvalue weighted by Gasteiger charge is -2.46. The summed E-state index contributed by atoms with van der Waals surface area (Å²) in [5, 5.41) is 87.4. The van der Waals surface area contributed by atoms with Gasteiger partial charge in [0.1, 0.15) is 48.8 Å². The molecule has 0 saturated carbocycles. The first-order valence-corrected chi connectivity index (χ1v) is 35.4. The lowest BCUT2D eigenvalue weighted by Crippen LogP contribution is -2.65. The number of carbonyl (C=O) groups excluding carboxylic acids is 1. The predicted octanol–water partition coefficient (Wildman–Crippen LogP) is 14.7. The largest absolute Gasteiger partial charge is 0.394 e. The quantitative estimate of drug-likeness (QED) is 0.0204. The maximum atomic E-state index is 13.3. The fraction of sp³-hybridized carbons (Fsp3) is 0.697. The summed E-state index contributed by atoms with van der Waals surface area (Å²) in [6.45, 7) is 2.66. The molecule has 2 rings (SSSR count). The molecule has 514 valence electrons. The van der Waals surface area contributed by atoms with E-state index in [1.54, 1.807) is 6.08 Å². The van der Waals surface area contributed by atoms with Crippen molar-refractivity contribution >= 4 is 5.91 Å². The summed E-state index contributed by atoms with van der Waals surface area (Å²) >= 11 is 0. The number of rotatable bonds is 56. The molecule has 0 aromatic rings. The lowest BCUT2D eigenvalue weighted by atomic mass is 9.97. The van der Waals surface area contributed by atoms with Crippen molar-refractivity contribution in [1.29, 1.82) is 0 Å². The van der Waals surface area contributed by atoms with E-state index in [4.69, 9.17) is 18.9 Å². The monoisotopic (exact) mass is 1260 g/mol. The van der Waals surface area contributed by atoms with Crippen LogP contribution in [0.4, 0.5) is 0 Å². The van der Waals surface area contributed by atoms with Crippen LogP contribution >= 0.6 is 0 Å². The van der Waals surface area contributed by atoms with Gasteiger partial charge in [0.05, 0.1) is 32.0 Å². The van der Waals surface area contributed by atoms with E-state index in [1.165, 1.54) is 103 Å². The van der Waals surface area contributed by atoms with Gasteiger partial charge in [-0.2, -0.15) is 0 Å². The van der Waals surface area contributed by atoms with E-state index >= 15 is 0 Å². The molecule has 2 fully saturated rings. The first kappa shape index (κ1) is 82.2. The average molecular weight is 1260 g/mol. The Hall–Kier alpha value is -3.87. The Morgan fingerprint density at radius 3 is 1.22 bits per heavy atom. The van der Waals surface area contributed by atoms with Gasteiger partial charge in [0.15, 0.2) is 12.6 Å². The highest BCUT2D eigenvalue weighted by atomic mass is 16.7. The smallest absolute Gasteiger partial charge is 0.220 e. The SMILES string of the molecule is CC/C=C\C/C=C\C/C=C\C/C=C\C/C=C\C/C=C\C/C=C\C/C=C\CCCCCCCCCCC(=O)NC(COC1OC(CO)C(OC2OC(CO)C(O)C(O)C2O)C(O)C1O)C(O)/C=C/CC/C=C/CC/C=C/CCCCCCCCCCCCCCC. The van der Waals surface area contributed by atoms with Crippen LogP contribution in [0.25, 0.3) is 0 Å². The molecule has 0 aromatic carbocycles. The summed E-state index contributed by atoms with van der Waals surface area (Å²) in [7, 11) is 0. The number of ether oxygens (including phenoxy) is 4. The van der Waals surface area contributed by atoms with Crippen LogP contribution in [0.15, 0.2) is 134 Å².